The van der Waals surface area contributed by atoms with E-state index in [2.05, 4.69) is 20.3 Å². The van der Waals surface area contributed by atoms with Crippen molar-refractivity contribution in [2.75, 3.05) is 5.32 Å². The van der Waals surface area contributed by atoms with Crippen LogP contribution in [-0.2, 0) is 0 Å². The molecule has 0 aliphatic carbocycles. The second kappa shape index (κ2) is 5.92. The van der Waals surface area contributed by atoms with Gasteiger partial charge in [0.25, 0.3) is 5.91 Å². The molecule has 0 bridgehead atoms. The Morgan fingerprint density at radius 2 is 1.83 bits per heavy atom. The van der Waals surface area contributed by atoms with Crippen LogP contribution in [0.2, 0.25) is 0 Å². The standard InChI is InChI=1S/C18H13N5O/c24-18(22-16-6-2-4-9-20-16)15-12-23-10-7-13(11-17(23)21-15)14-5-1-3-8-19-14/h1-12H,(H,20,22,24). The first-order valence-corrected chi connectivity index (χ1v) is 7.42. The molecule has 4 aromatic heterocycles. The van der Waals surface area contributed by atoms with Gasteiger partial charge in [0.15, 0.2) is 0 Å². The number of fused-ring (bicyclic) bond motifs is 1. The van der Waals surface area contributed by atoms with Gasteiger partial charge in [-0.1, -0.05) is 12.1 Å². The molecule has 6 nitrogen and oxygen atoms in total. The Balaban J connectivity index is 1.65. The molecule has 0 aliphatic rings. The third-order valence-electron chi connectivity index (χ3n) is 3.56. The van der Waals surface area contributed by atoms with Crippen LogP contribution in [-0.4, -0.2) is 25.3 Å². The number of nitrogens with zero attached hydrogens (tertiary/aromatic N) is 4. The Labute approximate surface area is 137 Å². The average molecular weight is 315 g/mol. The van der Waals surface area contributed by atoms with E-state index in [4.69, 9.17) is 0 Å². The third-order valence-corrected chi connectivity index (χ3v) is 3.56. The van der Waals surface area contributed by atoms with E-state index in [-0.39, 0.29) is 5.91 Å². The van der Waals surface area contributed by atoms with Gasteiger partial charge in [0.05, 0.1) is 5.69 Å². The Kier molecular flexibility index (Phi) is 3.47. The summed E-state index contributed by atoms with van der Waals surface area (Å²) in [5.74, 6) is 0.200. The van der Waals surface area contributed by atoms with Crippen molar-refractivity contribution in [2.45, 2.75) is 0 Å². The third kappa shape index (κ3) is 2.72. The Bertz CT molecular complexity index is 996. The molecule has 0 saturated heterocycles. The molecular weight excluding hydrogens is 302 g/mol. The molecule has 6 heteroatoms. The first kappa shape index (κ1) is 14.1. The number of nitrogens with one attached hydrogen (secondary N) is 1. The minimum absolute atomic E-state index is 0.295. The van der Waals surface area contributed by atoms with Crippen LogP contribution in [0.15, 0.2) is 73.3 Å². The molecule has 4 rings (SSSR count). The zero-order chi connectivity index (χ0) is 16.4. The monoisotopic (exact) mass is 315 g/mol. The molecule has 0 fully saturated rings. The van der Waals surface area contributed by atoms with Crippen molar-refractivity contribution in [2.24, 2.45) is 0 Å². The summed E-state index contributed by atoms with van der Waals surface area (Å²) < 4.78 is 1.81. The molecule has 4 heterocycles. The molecule has 0 unspecified atom stereocenters. The van der Waals surface area contributed by atoms with Gasteiger partial charge < -0.3 is 9.72 Å². The van der Waals surface area contributed by atoms with Crippen LogP contribution in [0.1, 0.15) is 10.5 Å². The Morgan fingerprint density at radius 1 is 1.00 bits per heavy atom. The number of imidazole rings is 1. The molecule has 24 heavy (non-hydrogen) atoms. The van der Waals surface area contributed by atoms with E-state index in [9.17, 15) is 4.79 Å². The SMILES string of the molecule is O=C(Nc1ccccn1)c1cn2ccc(-c3ccccn3)cc2n1. The zero-order valence-corrected chi connectivity index (χ0v) is 12.6. The summed E-state index contributed by atoms with van der Waals surface area (Å²) in [4.78, 5) is 25.1. The summed E-state index contributed by atoms with van der Waals surface area (Å²) in [6.45, 7) is 0. The lowest BCUT2D eigenvalue weighted by atomic mass is 10.2. The smallest absolute Gasteiger partial charge is 0.277 e. The highest BCUT2D eigenvalue weighted by molar-refractivity contribution is 6.02. The van der Waals surface area contributed by atoms with E-state index in [1.165, 1.54) is 0 Å². The number of aromatic nitrogens is 4. The van der Waals surface area contributed by atoms with Crippen LogP contribution in [0.3, 0.4) is 0 Å². The topological polar surface area (TPSA) is 72.2 Å². The fraction of sp³-hybridized carbons (Fsp3) is 0. The second-order valence-electron chi connectivity index (χ2n) is 5.19. The highest BCUT2D eigenvalue weighted by Crippen LogP contribution is 2.18. The molecule has 0 atom stereocenters. The quantitative estimate of drug-likeness (QED) is 0.631. The van der Waals surface area contributed by atoms with Gasteiger partial charge >= 0.3 is 0 Å². The Hall–Kier alpha value is -3.54. The molecule has 116 valence electrons. The maximum absolute atomic E-state index is 12.3. The van der Waals surface area contributed by atoms with Crippen LogP contribution in [0.5, 0.6) is 0 Å². The maximum atomic E-state index is 12.3. The maximum Gasteiger partial charge on any atom is 0.277 e. The van der Waals surface area contributed by atoms with Gasteiger partial charge in [-0.15, -0.1) is 0 Å². The predicted molar refractivity (Wildman–Crippen MR) is 90.6 cm³/mol. The highest BCUT2D eigenvalue weighted by Gasteiger charge is 2.12. The van der Waals surface area contributed by atoms with E-state index < -0.39 is 0 Å². The van der Waals surface area contributed by atoms with Crippen molar-refractivity contribution in [3.63, 3.8) is 0 Å². The van der Waals surface area contributed by atoms with Gasteiger partial charge in [0.2, 0.25) is 0 Å². The summed E-state index contributed by atoms with van der Waals surface area (Å²) in [5, 5.41) is 2.73. The largest absolute Gasteiger partial charge is 0.306 e. The van der Waals surface area contributed by atoms with Gasteiger partial charge in [-0.25, -0.2) is 9.97 Å². The number of amides is 1. The average Bonchev–Trinajstić information content (AvgIpc) is 3.07. The molecule has 0 saturated carbocycles. The lowest BCUT2D eigenvalue weighted by molar-refractivity contribution is 0.102. The van der Waals surface area contributed by atoms with E-state index in [0.717, 1.165) is 11.3 Å². The lowest BCUT2D eigenvalue weighted by Crippen LogP contribution is -2.13. The van der Waals surface area contributed by atoms with Crippen molar-refractivity contribution < 1.29 is 4.79 Å². The van der Waals surface area contributed by atoms with Crippen LogP contribution in [0.25, 0.3) is 16.9 Å². The molecule has 0 aromatic carbocycles. The number of hydrogen-bond acceptors (Lipinski definition) is 4. The molecule has 0 radical (unpaired) electrons. The molecule has 0 aliphatic heterocycles. The van der Waals surface area contributed by atoms with E-state index in [0.29, 0.717) is 17.2 Å². The van der Waals surface area contributed by atoms with Gasteiger partial charge in [0, 0.05) is 30.4 Å². The molecular formula is C18H13N5O. The number of carbonyl (C=O) groups excluding carboxylic acids is 1. The van der Waals surface area contributed by atoms with Crippen LogP contribution in [0.4, 0.5) is 5.82 Å². The van der Waals surface area contributed by atoms with Gasteiger partial charge in [-0.2, -0.15) is 0 Å². The first-order chi connectivity index (χ1) is 11.8. The lowest BCUT2D eigenvalue weighted by Gasteiger charge is -2.00. The van der Waals surface area contributed by atoms with Crippen molar-refractivity contribution in [1.82, 2.24) is 19.4 Å². The minimum atomic E-state index is -0.295. The Morgan fingerprint density at radius 3 is 2.58 bits per heavy atom. The van der Waals surface area contributed by atoms with Crippen molar-refractivity contribution >= 4 is 17.4 Å². The fourth-order valence-electron chi connectivity index (χ4n) is 2.40. The molecule has 4 aromatic rings. The summed E-state index contributed by atoms with van der Waals surface area (Å²) >= 11 is 0. The van der Waals surface area contributed by atoms with Crippen LogP contribution < -0.4 is 5.32 Å². The highest BCUT2D eigenvalue weighted by atomic mass is 16.2. The second-order valence-corrected chi connectivity index (χ2v) is 5.19. The molecule has 1 amide bonds. The number of anilines is 1. The minimum Gasteiger partial charge on any atom is -0.306 e. The van der Waals surface area contributed by atoms with E-state index in [1.807, 2.05) is 42.6 Å². The van der Waals surface area contributed by atoms with Gasteiger partial charge in [-0.05, 0) is 36.4 Å². The van der Waals surface area contributed by atoms with E-state index >= 15 is 0 Å². The predicted octanol–water partition coefficient (Wildman–Crippen LogP) is 3.04. The van der Waals surface area contributed by atoms with Crippen LogP contribution >= 0.6 is 0 Å². The van der Waals surface area contributed by atoms with Gasteiger partial charge in [-0.3, -0.25) is 9.78 Å². The van der Waals surface area contributed by atoms with Crippen molar-refractivity contribution in [3.8, 4) is 11.3 Å². The summed E-state index contributed by atoms with van der Waals surface area (Å²) in [7, 11) is 0. The summed E-state index contributed by atoms with van der Waals surface area (Å²) in [5.41, 5.74) is 2.83. The molecule has 1 N–H and O–H groups in total. The zero-order valence-electron chi connectivity index (χ0n) is 12.6. The van der Waals surface area contributed by atoms with Crippen LogP contribution in [0, 0.1) is 0 Å². The van der Waals surface area contributed by atoms with Gasteiger partial charge in [0.1, 0.15) is 17.2 Å². The number of hydrogen-bond donors (Lipinski definition) is 1. The van der Waals surface area contributed by atoms with Crippen molar-refractivity contribution in [1.29, 1.82) is 0 Å². The summed E-state index contributed by atoms with van der Waals surface area (Å²) in [6, 6.07) is 14.9. The fourth-order valence-corrected chi connectivity index (χ4v) is 2.40. The molecule has 0 spiro atoms. The normalized spacial score (nSPS) is 10.7. The number of rotatable bonds is 3. The number of pyridine rings is 3. The van der Waals surface area contributed by atoms with Crippen molar-refractivity contribution in [3.05, 3.63) is 79.0 Å². The number of carbonyl (C=O) groups is 1. The first-order valence-electron chi connectivity index (χ1n) is 7.42. The van der Waals surface area contributed by atoms with E-state index in [1.54, 1.807) is 35.1 Å². The summed E-state index contributed by atoms with van der Waals surface area (Å²) in [6.07, 6.45) is 6.93.